The van der Waals surface area contributed by atoms with Crippen LogP contribution in [-0.2, 0) is 19.5 Å². The van der Waals surface area contributed by atoms with Crippen LogP contribution in [0, 0.1) is 0 Å². The normalized spacial score (nSPS) is 14.3. The summed E-state index contributed by atoms with van der Waals surface area (Å²) in [5, 5.41) is 12.4. The molecular formula is C20H24N2O2. The molecule has 1 aliphatic rings. The fourth-order valence-corrected chi connectivity index (χ4v) is 3.22. The van der Waals surface area contributed by atoms with Crippen LogP contribution in [0.15, 0.2) is 48.5 Å². The van der Waals surface area contributed by atoms with E-state index in [-0.39, 0.29) is 0 Å². The number of carbonyl (C=O) groups is 1. The lowest BCUT2D eigenvalue weighted by atomic mass is 10.00. The number of hydrogen-bond acceptors (Lipinski definition) is 3. The lowest BCUT2D eigenvalue weighted by molar-refractivity contribution is 0.0696. The first-order valence-corrected chi connectivity index (χ1v) is 8.54. The van der Waals surface area contributed by atoms with Crippen LogP contribution in [0.3, 0.4) is 0 Å². The van der Waals surface area contributed by atoms with Crippen molar-refractivity contribution in [2.75, 3.05) is 19.6 Å². The topological polar surface area (TPSA) is 52.6 Å². The number of carboxylic acid groups (broad SMARTS) is 1. The molecule has 2 aromatic rings. The van der Waals surface area contributed by atoms with Gasteiger partial charge in [0.25, 0.3) is 0 Å². The minimum Gasteiger partial charge on any atom is -0.478 e. The molecule has 2 aromatic carbocycles. The van der Waals surface area contributed by atoms with Crippen molar-refractivity contribution in [3.63, 3.8) is 0 Å². The van der Waals surface area contributed by atoms with Crippen molar-refractivity contribution < 1.29 is 9.90 Å². The predicted octanol–water partition coefficient (Wildman–Crippen LogP) is 2.92. The monoisotopic (exact) mass is 324 g/mol. The lowest BCUT2D eigenvalue weighted by Crippen LogP contribution is -2.32. The highest BCUT2D eigenvalue weighted by Crippen LogP contribution is 2.18. The van der Waals surface area contributed by atoms with Gasteiger partial charge in [-0.15, -0.1) is 0 Å². The highest BCUT2D eigenvalue weighted by Gasteiger charge is 2.14. The molecule has 3 rings (SSSR count). The number of nitrogens with zero attached hydrogens (tertiary/aromatic N) is 1. The highest BCUT2D eigenvalue weighted by atomic mass is 16.4. The largest absolute Gasteiger partial charge is 0.478 e. The summed E-state index contributed by atoms with van der Waals surface area (Å²) in [4.78, 5) is 13.5. The van der Waals surface area contributed by atoms with E-state index < -0.39 is 5.97 Å². The number of hydrogen-bond donors (Lipinski definition) is 2. The number of benzene rings is 2. The van der Waals surface area contributed by atoms with Crippen LogP contribution in [0.25, 0.3) is 0 Å². The molecule has 0 amide bonds. The van der Waals surface area contributed by atoms with Crippen molar-refractivity contribution in [1.82, 2.24) is 10.2 Å². The minimum absolute atomic E-state index is 0.348. The molecule has 0 aromatic heterocycles. The molecule has 126 valence electrons. The van der Waals surface area contributed by atoms with Gasteiger partial charge in [0, 0.05) is 19.6 Å². The molecular weight excluding hydrogens is 300 g/mol. The number of nitrogens with one attached hydrogen (secondary N) is 1. The molecule has 4 heteroatoms. The first-order valence-electron chi connectivity index (χ1n) is 8.54. The maximum absolute atomic E-state index is 11.0. The summed E-state index contributed by atoms with van der Waals surface area (Å²) in [5.74, 6) is -0.873. The summed E-state index contributed by atoms with van der Waals surface area (Å²) < 4.78 is 0. The van der Waals surface area contributed by atoms with Gasteiger partial charge in [-0.05, 0) is 54.8 Å². The molecule has 0 spiro atoms. The van der Waals surface area contributed by atoms with Gasteiger partial charge >= 0.3 is 5.97 Å². The SMILES string of the molecule is O=C(O)c1cccc(CNCCCN2CCc3ccccc3C2)c1. The summed E-state index contributed by atoms with van der Waals surface area (Å²) in [6.45, 7) is 4.93. The molecule has 2 N–H and O–H groups in total. The molecule has 4 nitrogen and oxygen atoms in total. The Balaban J connectivity index is 1.37. The first-order chi connectivity index (χ1) is 11.7. The number of fused-ring (bicyclic) bond motifs is 1. The highest BCUT2D eigenvalue weighted by molar-refractivity contribution is 5.87. The van der Waals surface area contributed by atoms with E-state index in [1.807, 2.05) is 6.07 Å². The van der Waals surface area contributed by atoms with Crippen LogP contribution in [0.1, 0.15) is 33.5 Å². The van der Waals surface area contributed by atoms with Crippen LogP contribution in [-0.4, -0.2) is 35.6 Å². The zero-order chi connectivity index (χ0) is 16.8. The van der Waals surface area contributed by atoms with Gasteiger partial charge in [0.15, 0.2) is 0 Å². The van der Waals surface area contributed by atoms with Gasteiger partial charge in [0.2, 0.25) is 0 Å². The predicted molar refractivity (Wildman–Crippen MR) is 95.1 cm³/mol. The number of carboxylic acids is 1. The molecule has 0 unspecified atom stereocenters. The van der Waals surface area contributed by atoms with Gasteiger partial charge in [-0.2, -0.15) is 0 Å². The van der Waals surface area contributed by atoms with Crippen LogP contribution in [0.5, 0.6) is 0 Å². The molecule has 0 fully saturated rings. The average molecular weight is 324 g/mol. The molecule has 0 bridgehead atoms. The van der Waals surface area contributed by atoms with E-state index in [0.29, 0.717) is 12.1 Å². The Morgan fingerprint density at radius 3 is 2.79 bits per heavy atom. The lowest BCUT2D eigenvalue weighted by Gasteiger charge is -2.28. The molecule has 0 aliphatic carbocycles. The Bertz CT molecular complexity index is 700. The van der Waals surface area contributed by atoms with Gasteiger partial charge in [-0.25, -0.2) is 4.79 Å². The summed E-state index contributed by atoms with van der Waals surface area (Å²) in [5.41, 5.74) is 4.32. The smallest absolute Gasteiger partial charge is 0.335 e. The Morgan fingerprint density at radius 2 is 1.96 bits per heavy atom. The molecule has 24 heavy (non-hydrogen) atoms. The Morgan fingerprint density at radius 1 is 1.12 bits per heavy atom. The van der Waals surface area contributed by atoms with Crippen LogP contribution >= 0.6 is 0 Å². The van der Waals surface area contributed by atoms with Gasteiger partial charge in [-0.3, -0.25) is 4.90 Å². The molecule has 0 atom stereocenters. The van der Waals surface area contributed by atoms with Crippen molar-refractivity contribution in [3.8, 4) is 0 Å². The fraction of sp³-hybridized carbons (Fsp3) is 0.350. The van der Waals surface area contributed by atoms with Crippen LogP contribution in [0.2, 0.25) is 0 Å². The van der Waals surface area contributed by atoms with Gasteiger partial charge in [-0.1, -0.05) is 36.4 Å². The molecule has 0 saturated heterocycles. The maximum Gasteiger partial charge on any atom is 0.335 e. The van der Waals surface area contributed by atoms with Crippen molar-refractivity contribution in [1.29, 1.82) is 0 Å². The third kappa shape index (κ3) is 4.43. The van der Waals surface area contributed by atoms with Gasteiger partial charge in [0.1, 0.15) is 0 Å². The third-order valence-electron chi connectivity index (χ3n) is 4.54. The second-order valence-electron chi connectivity index (χ2n) is 6.33. The first kappa shape index (κ1) is 16.7. The van der Waals surface area contributed by atoms with E-state index in [9.17, 15) is 4.79 Å². The second-order valence-corrected chi connectivity index (χ2v) is 6.33. The van der Waals surface area contributed by atoms with E-state index in [4.69, 9.17) is 5.11 Å². The van der Waals surface area contributed by atoms with E-state index in [1.54, 1.807) is 18.2 Å². The second kappa shape index (κ2) is 8.08. The molecule has 1 aliphatic heterocycles. The quantitative estimate of drug-likeness (QED) is 0.769. The summed E-state index contributed by atoms with van der Waals surface area (Å²) >= 11 is 0. The standard InChI is InChI=1S/C20H24N2O2/c23-20(24)18-8-3-5-16(13-18)14-21-10-4-11-22-12-9-17-6-1-2-7-19(17)15-22/h1-3,5-8,13,21H,4,9-12,14-15H2,(H,23,24). The number of rotatable bonds is 7. The molecule has 0 saturated carbocycles. The van der Waals surface area contributed by atoms with Crippen molar-refractivity contribution in [2.45, 2.75) is 25.9 Å². The van der Waals surface area contributed by atoms with E-state index in [2.05, 4.69) is 34.5 Å². The molecule has 0 radical (unpaired) electrons. The van der Waals surface area contributed by atoms with E-state index >= 15 is 0 Å². The zero-order valence-electron chi connectivity index (χ0n) is 13.9. The average Bonchev–Trinajstić information content (AvgIpc) is 2.61. The van der Waals surface area contributed by atoms with Gasteiger partial charge in [0.05, 0.1) is 5.56 Å². The minimum atomic E-state index is -0.873. The van der Waals surface area contributed by atoms with Crippen molar-refractivity contribution in [2.24, 2.45) is 0 Å². The summed E-state index contributed by atoms with van der Waals surface area (Å²) in [6, 6.07) is 15.8. The molecule has 1 heterocycles. The number of aromatic carboxylic acids is 1. The van der Waals surface area contributed by atoms with Crippen LogP contribution < -0.4 is 5.32 Å². The van der Waals surface area contributed by atoms with Crippen molar-refractivity contribution in [3.05, 3.63) is 70.8 Å². The Hall–Kier alpha value is -2.17. The van der Waals surface area contributed by atoms with Crippen molar-refractivity contribution >= 4 is 5.97 Å². The summed E-state index contributed by atoms with van der Waals surface area (Å²) in [7, 11) is 0. The van der Waals surface area contributed by atoms with E-state index in [1.165, 1.54) is 11.1 Å². The zero-order valence-corrected chi connectivity index (χ0v) is 13.9. The van der Waals surface area contributed by atoms with E-state index in [0.717, 1.165) is 44.6 Å². The fourth-order valence-electron chi connectivity index (χ4n) is 3.22. The Kier molecular flexibility index (Phi) is 5.62. The Labute approximate surface area is 143 Å². The maximum atomic E-state index is 11.0. The van der Waals surface area contributed by atoms with Crippen LogP contribution in [0.4, 0.5) is 0 Å². The van der Waals surface area contributed by atoms with Gasteiger partial charge < -0.3 is 10.4 Å². The summed E-state index contributed by atoms with van der Waals surface area (Å²) in [6.07, 6.45) is 2.24. The third-order valence-corrected chi connectivity index (χ3v) is 4.54.